The molecule has 5 nitrogen and oxygen atoms in total. The summed E-state index contributed by atoms with van der Waals surface area (Å²) in [5.74, 6) is 0.104. The number of carbonyl (C=O) groups is 2. The van der Waals surface area contributed by atoms with Gasteiger partial charge < -0.3 is 14.8 Å². The van der Waals surface area contributed by atoms with Crippen molar-refractivity contribution < 1.29 is 19.1 Å². The van der Waals surface area contributed by atoms with E-state index < -0.39 is 6.10 Å². The molecule has 1 N–H and O–H groups in total. The number of nitrogens with one attached hydrogen (secondary N) is 1. The van der Waals surface area contributed by atoms with Crippen molar-refractivity contribution in [3.05, 3.63) is 59.2 Å². The molecule has 2 aromatic carbocycles. The lowest BCUT2D eigenvalue weighted by Crippen LogP contribution is -2.30. The predicted molar refractivity (Wildman–Crippen MR) is 104 cm³/mol. The Hall–Kier alpha value is -2.82. The highest BCUT2D eigenvalue weighted by Crippen LogP contribution is 2.26. The summed E-state index contributed by atoms with van der Waals surface area (Å²) in [6.07, 6.45) is 4.00. The van der Waals surface area contributed by atoms with Crippen LogP contribution in [0.1, 0.15) is 48.2 Å². The molecule has 1 aliphatic rings. The smallest absolute Gasteiger partial charge is 0.338 e. The number of ether oxygens (including phenoxy) is 2. The second-order valence-corrected chi connectivity index (χ2v) is 6.68. The Bertz CT molecular complexity index is 814. The minimum atomic E-state index is -0.628. The van der Waals surface area contributed by atoms with Crippen molar-refractivity contribution in [3.63, 3.8) is 0 Å². The van der Waals surface area contributed by atoms with Gasteiger partial charge in [0.05, 0.1) is 12.2 Å². The molecule has 0 spiro atoms. The monoisotopic (exact) mass is 367 g/mol. The van der Waals surface area contributed by atoms with Crippen LogP contribution < -0.4 is 10.1 Å². The molecule has 0 aliphatic heterocycles. The third-order valence-electron chi connectivity index (χ3n) is 4.67. The Labute approximate surface area is 159 Å². The second kappa shape index (κ2) is 8.71. The zero-order chi connectivity index (χ0) is 19.2. The lowest BCUT2D eigenvalue weighted by Gasteiger charge is -2.19. The van der Waals surface area contributed by atoms with Crippen LogP contribution in [-0.2, 0) is 22.4 Å². The standard InChI is InChI=1S/C22H25NO4/c1-3-26-22(25)17-8-11-19(12-9-17)23-21(24)15(2)27-20-13-10-16-6-4-5-7-18(16)14-20/h8-15H,3-7H2,1-2H3,(H,23,24). The Morgan fingerprint density at radius 2 is 1.74 bits per heavy atom. The van der Waals surface area contributed by atoms with Crippen molar-refractivity contribution in [2.45, 2.75) is 45.6 Å². The number of carbonyl (C=O) groups excluding carboxylic acids is 2. The van der Waals surface area contributed by atoms with Crippen molar-refractivity contribution in [2.75, 3.05) is 11.9 Å². The minimum Gasteiger partial charge on any atom is -0.481 e. The SMILES string of the molecule is CCOC(=O)c1ccc(NC(=O)C(C)Oc2ccc3c(c2)CCCC3)cc1. The van der Waals surface area contributed by atoms with Crippen LogP contribution in [0.4, 0.5) is 5.69 Å². The van der Waals surface area contributed by atoms with Crippen molar-refractivity contribution >= 4 is 17.6 Å². The summed E-state index contributed by atoms with van der Waals surface area (Å²) in [6, 6.07) is 12.7. The van der Waals surface area contributed by atoms with Gasteiger partial charge in [0, 0.05) is 5.69 Å². The number of esters is 1. The Morgan fingerprint density at radius 1 is 1.04 bits per heavy atom. The van der Waals surface area contributed by atoms with E-state index in [9.17, 15) is 9.59 Å². The van der Waals surface area contributed by atoms with E-state index in [0.29, 0.717) is 17.9 Å². The summed E-state index contributed by atoms with van der Waals surface area (Å²) in [5.41, 5.74) is 3.76. The van der Waals surface area contributed by atoms with Crippen LogP contribution in [0.15, 0.2) is 42.5 Å². The van der Waals surface area contributed by atoms with Gasteiger partial charge in [0.2, 0.25) is 0 Å². The number of fused-ring (bicyclic) bond motifs is 1. The van der Waals surface area contributed by atoms with Gasteiger partial charge in [-0.2, -0.15) is 0 Å². The van der Waals surface area contributed by atoms with Gasteiger partial charge >= 0.3 is 5.97 Å². The van der Waals surface area contributed by atoms with Crippen LogP contribution in [0.2, 0.25) is 0 Å². The zero-order valence-corrected chi connectivity index (χ0v) is 15.8. The van der Waals surface area contributed by atoms with Crippen LogP contribution in [0.5, 0.6) is 5.75 Å². The van der Waals surface area contributed by atoms with E-state index in [-0.39, 0.29) is 11.9 Å². The van der Waals surface area contributed by atoms with Crippen LogP contribution in [-0.4, -0.2) is 24.6 Å². The zero-order valence-electron chi connectivity index (χ0n) is 15.8. The van der Waals surface area contributed by atoms with E-state index in [1.807, 2.05) is 12.1 Å². The van der Waals surface area contributed by atoms with Gasteiger partial charge in [-0.3, -0.25) is 4.79 Å². The summed E-state index contributed by atoms with van der Waals surface area (Å²) >= 11 is 0. The fraction of sp³-hybridized carbons (Fsp3) is 0.364. The summed E-state index contributed by atoms with van der Waals surface area (Å²) < 4.78 is 10.8. The van der Waals surface area contributed by atoms with Crippen LogP contribution in [0.3, 0.4) is 0 Å². The van der Waals surface area contributed by atoms with E-state index in [2.05, 4.69) is 11.4 Å². The molecule has 5 heteroatoms. The predicted octanol–water partition coefficient (Wildman–Crippen LogP) is 4.15. The summed E-state index contributed by atoms with van der Waals surface area (Å²) in [4.78, 5) is 24.1. The quantitative estimate of drug-likeness (QED) is 0.779. The van der Waals surface area contributed by atoms with Gasteiger partial charge in [-0.05, 0) is 87.1 Å². The van der Waals surface area contributed by atoms with Gasteiger partial charge in [0.15, 0.2) is 6.10 Å². The highest BCUT2D eigenvalue weighted by molar-refractivity contribution is 5.95. The first kappa shape index (κ1) is 19.0. The second-order valence-electron chi connectivity index (χ2n) is 6.68. The lowest BCUT2D eigenvalue weighted by molar-refractivity contribution is -0.122. The van der Waals surface area contributed by atoms with Gasteiger partial charge in [0.1, 0.15) is 5.75 Å². The maximum Gasteiger partial charge on any atom is 0.338 e. The maximum atomic E-state index is 12.4. The summed E-state index contributed by atoms with van der Waals surface area (Å²) in [5, 5.41) is 2.81. The Balaban J connectivity index is 1.58. The van der Waals surface area contributed by atoms with E-state index in [0.717, 1.165) is 18.6 Å². The van der Waals surface area contributed by atoms with Crippen molar-refractivity contribution in [3.8, 4) is 5.75 Å². The fourth-order valence-corrected chi connectivity index (χ4v) is 3.19. The number of hydrogen-bond donors (Lipinski definition) is 1. The molecule has 1 aliphatic carbocycles. The van der Waals surface area contributed by atoms with E-state index in [1.165, 1.54) is 24.0 Å². The number of anilines is 1. The Morgan fingerprint density at radius 3 is 2.44 bits per heavy atom. The molecular formula is C22H25NO4. The average molecular weight is 367 g/mol. The number of benzene rings is 2. The molecule has 0 fully saturated rings. The van der Waals surface area contributed by atoms with Crippen LogP contribution in [0, 0.1) is 0 Å². The molecule has 27 heavy (non-hydrogen) atoms. The van der Waals surface area contributed by atoms with Gasteiger partial charge in [0.25, 0.3) is 5.91 Å². The molecule has 0 aromatic heterocycles. The van der Waals surface area contributed by atoms with Gasteiger partial charge in [-0.25, -0.2) is 4.79 Å². The van der Waals surface area contributed by atoms with E-state index in [1.54, 1.807) is 38.1 Å². The topological polar surface area (TPSA) is 64.6 Å². The highest BCUT2D eigenvalue weighted by atomic mass is 16.5. The van der Waals surface area contributed by atoms with Crippen molar-refractivity contribution in [2.24, 2.45) is 0 Å². The van der Waals surface area contributed by atoms with E-state index in [4.69, 9.17) is 9.47 Å². The maximum absolute atomic E-state index is 12.4. The Kier molecular flexibility index (Phi) is 6.12. The first-order valence-corrected chi connectivity index (χ1v) is 9.43. The molecule has 3 rings (SSSR count). The molecule has 1 amide bonds. The fourth-order valence-electron chi connectivity index (χ4n) is 3.19. The summed E-state index contributed by atoms with van der Waals surface area (Å²) in [6.45, 7) is 3.81. The number of amides is 1. The van der Waals surface area contributed by atoms with Crippen molar-refractivity contribution in [1.82, 2.24) is 0 Å². The first-order chi connectivity index (χ1) is 13.1. The molecule has 2 aromatic rings. The molecule has 0 heterocycles. The van der Waals surface area contributed by atoms with Crippen LogP contribution in [0.25, 0.3) is 0 Å². The van der Waals surface area contributed by atoms with Crippen molar-refractivity contribution in [1.29, 1.82) is 0 Å². The normalized spacial score (nSPS) is 14.0. The average Bonchev–Trinajstić information content (AvgIpc) is 2.68. The minimum absolute atomic E-state index is 0.239. The largest absolute Gasteiger partial charge is 0.481 e. The van der Waals surface area contributed by atoms with E-state index >= 15 is 0 Å². The molecule has 0 bridgehead atoms. The molecule has 1 unspecified atom stereocenters. The lowest BCUT2D eigenvalue weighted by atomic mass is 9.92. The molecular weight excluding hydrogens is 342 g/mol. The molecule has 0 radical (unpaired) electrons. The molecule has 142 valence electrons. The number of rotatable bonds is 6. The third-order valence-corrected chi connectivity index (χ3v) is 4.67. The highest BCUT2D eigenvalue weighted by Gasteiger charge is 2.17. The summed E-state index contributed by atoms with van der Waals surface area (Å²) in [7, 11) is 0. The number of hydrogen-bond acceptors (Lipinski definition) is 4. The third kappa shape index (κ3) is 4.88. The molecule has 0 saturated carbocycles. The molecule has 0 saturated heterocycles. The van der Waals surface area contributed by atoms with Gasteiger partial charge in [-0.15, -0.1) is 0 Å². The first-order valence-electron chi connectivity index (χ1n) is 9.43. The van der Waals surface area contributed by atoms with Gasteiger partial charge in [-0.1, -0.05) is 6.07 Å². The van der Waals surface area contributed by atoms with Crippen LogP contribution >= 0.6 is 0 Å². The number of aryl methyl sites for hydroxylation is 2. The molecule has 1 atom stereocenters.